The summed E-state index contributed by atoms with van der Waals surface area (Å²) < 4.78 is 0. The highest BCUT2D eigenvalue weighted by Crippen LogP contribution is 1.98. The van der Waals surface area contributed by atoms with Crippen molar-refractivity contribution < 1.29 is 4.79 Å². The number of hydrogen-bond acceptors (Lipinski definition) is 2. The fourth-order valence-electron chi connectivity index (χ4n) is 0.692. The summed E-state index contributed by atoms with van der Waals surface area (Å²) in [4.78, 5) is 10.1. The first-order valence-corrected chi connectivity index (χ1v) is 2.85. The van der Waals surface area contributed by atoms with Gasteiger partial charge in [0.15, 0.2) is 0 Å². The Morgan fingerprint density at radius 1 is 1.50 bits per heavy atom. The number of benzene rings is 1. The van der Waals surface area contributed by atoms with E-state index in [2.05, 4.69) is 0 Å². The van der Waals surface area contributed by atoms with Gasteiger partial charge in [0, 0.05) is 11.8 Å². The second kappa shape index (κ2) is 2.92. The molecule has 2 heteroatoms. The first-order chi connectivity index (χ1) is 4.86. The normalized spacial score (nSPS) is 8.80. The van der Waals surface area contributed by atoms with E-state index in [9.17, 15) is 4.79 Å². The molecule has 49 valence electrons. The monoisotopic (exact) mass is 132 g/mol. The Morgan fingerprint density at radius 3 is 2.90 bits per heavy atom. The third-order valence-electron chi connectivity index (χ3n) is 1.17. The summed E-state index contributed by atoms with van der Waals surface area (Å²) in [5.41, 5.74) is 1.21. The van der Waals surface area contributed by atoms with E-state index in [-0.39, 0.29) is 0 Å². The van der Waals surface area contributed by atoms with Crippen molar-refractivity contribution >= 4 is 12.5 Å². The number of carbonyl (C=O) groups excluding carboxylic acids is 1. The summed E-state index contributed by atoms with van der Waals surface area (Å²) in [6, 6.07) is 6.74. The lowest BCUT2D eigenvalue weighted by atomic mass is 10.1. The van der Waals surface area contributed by atoms with Crippen molar-refractivity contribution in [3.8, 4) is 0 Å². The molecular formula is C8H6NO. The van der Waals surface area contributed by atoms with Crippen LogP contribution in [0.5, 0.6) is 0 Å². The molecule has 2 nitrogen and oxygen atoms in total. The molecule has 1 rings (SSSR count). The molecule has 10 heavy (non-hydrogen) atoms. The Hall–Kier alpha value is -1.44. The highest BCUT2D eigenvalue weighted by Gasteiger charge is 1.90. The van der Waals surface area contributed by atoms with Crippen molar-refractivity contribution in [3.63, 3.8) is 0 Å². The summed E-state index contributed by atoms with van der Waals surface area (Å²) in [7, 11) is 0. The molecule has 0 heterocycles. The largest absolute Gasteiger partial charge is 0.308 e. The molecule has 0 unspecified atom stereocenters. The Balaban J connectivity index is 3.09. The molecule has 1 radical (unpaired) electrons. The van der Waals surface area contributed by atoms with Gasteiger partial charge in [-0.05, 0) is 11.6 Å². The maximum atomic E-state index is 10.1. The van der Waals surface area contributed by atoms with Crippen molar-refractivity contribution in [2.75, 3.05) is 0 Å². The van der Waals surface area contributed by atoms with Gasteiger partial charge in [-0.3, -0.25) is 4.79 Å². The average molecular weight is 132 g/mol. The predicted molar refractivity (Wildman–Crippen MR) is 39.1 cm³/mol. The van der Waals surface area contributed by atoms with Crippen LogP contribution in [-0.4, -0.2) is 12.5 Å². The van der Waals surface area contributed by atoms with Crippen LogP contribution in [-0.2, 0) is 4.79 Å². The number of nitrogens with one attached hydrogen (secondary N) is 1. The van der Waals surface area contributed by atoms with Gasteiger partial charge in [0.2, 0.25) is 6.29 Å². The Bertz CT molecular complexity index is 232. The molecule has 0 saturated heterocycles. The minimum absolute atomic E-state index is 0.487. The van der Waals surface area contributed by atoms with Gasteiger partial charge in [0.1, 0.15) is 0 Å². The van der Waals surface area contributed by atoms with E-state index in [4.69, 9.17) is 5.41 Å². The molecule has 0 saturated carbocycles. The maximum absolute atomic E-state index is 10.1. The van der Waals surface area contributed by atoms with Crippen molar-refractivity contribution in [1.29, 1.82) is 5.41 Å². The van der Waals surface area contributed by atoms with Crippen LogP contribution in [0.1, 0.15) is 11.1 Å². The fraction of sp³-hybridized carbons (Fsp3) is 0. The number of rotatable bonds is 2. The minimum Gasteiger partial charge on any atom is -0.308 e. The summed E-state index contributed by atoms with van der Waals surface area (Å²) >= 11 is 0. The molecule has 0 aliphatic rings. The van der Waals surface area contributed by atoms with Crippen molar-refractivity contribution in [2.24, 2.45) is 0 Å². The van der Waals surface area contributed by atoms with E-state index in [1.54, 1.807) is 30.6 Å². The molecule has 0 aromatic heterocycles. The quantitative estimate of drug-likeness (QED) is 0.602. The molecule has 0 atom stereocenters. The van der Waals surface area contributed by atoms with E-state index < -0.39 is 0 Å². The highest BCUT2D eigenvalue weighted by atomic mass is 16.1. The minimum atomic E-state index is 0.487. The zero-order valence-corrected chi connectivity index (χ0v) is 5.29. The van der Waals surface area contributed by atoms with Crippen molar-refractivity contribution in [3.05, 3.63) is 35.4 Å². The van der Waals surface area contributed by atoms with E-state index in [1.165, 1.54) is 6.21 Å². The summed E-state index contributed by atoms with van der Waals surface area (Å²) in [6.45, 7) is 0. The van der Waals surface area contributed by atoms with Crippen molar-refractivity contribution in [1.82, 2.24) is 0 Å². The highest BCUT2D eigenvalue weighted by molar-refractivity contribution is 5.82. The van der Waals surface area contributed by atoms with Gasteiger partial charge >= 0.3 is 0 Å². The van der Waals surface area contributed by atoms with Gasteiger partial charge in [-0.25, -0.2) is 0 Å². The predicted octanol–water partition coefficient (Wildman–Crippen LogP) is 1.14. The lowest BCUT2D eigenvalue weighted by molar-refractivity contribution is 0.563. The molecule has 1 aromatic carbocycles. The van der Waals surface area contributed by atoms with E-state index in [0.29, 0.717) is 5.56 Å². The van der Waals surface area contributed by atoms with E-state index >= 15 is 0 Å². The molecule has 1 N–H and O–H groups in total. The smallest absolute Gasteiger partial charge is 0.233 e. The molecule has 0 aliphatic heterocycles. The maximum Gasteiger partial charge on any atom is 0.233 e. The fourth-order valence-corrected chi connectivity index (χ4v) is 0.692. The van der Waals surface area contributed by atoms with Gasteiger partial charge in [-0.15, -0.1) is 0 Å². The summed E-state index contributed by atoms with van der Waals surface area (Å²) in [5.74, 6) is 0. The van der Waals surface area contributed by atoms with Crippen LogP contribution in [0.2, 0.25) is 0 Å². The van der Waals surface area contributed by atoms with Crippen molar-refractivity contribution in [2.45, 2.75) is 0 Å². The van der Waals surface area contributed by atoms with Crippen LogP contribution in [0, 0.1) is 5.41 Å². The molecular weight excluding hydrogens is 126 g/mol. The summed E-state index contributed by atoms with van der Waals surface area (Å²) in [6.07, 6.45) is 2.94. The van der Waals surface area contributed by atoms with Crippen LogP contribution in [0.4, 0.5) is 0 Å². The van der Waals surface area contributed by atoms with E-state index in [0.717, 1.165) is 5.56 Å². The second-order valence-electron chi connectivity index (χ2n) is 1.87. The van der Waals surface area contributed by atoms with E-state index in [1.807, 2.05) is 0 Å². The Kier molecular flexibility index (Phi) is 1.95. The Morgan fingerprint density at radius 2 is 2.30 bits per heavy atom. The lowest BCUT2D eigenvalue weighted by Crippen LogP contribution is -1.83. The van der Waals surface area contributed by atoms with Gasteiger partial charge in [0.05, 0.1) is 0 Å². The lowest BCUT2D eigenvalue weighted by Gasteiger charge is -1.89. The standard InChI is InChI=1S/C8H6NO/c9-5-7-2-1-3-8(4-7)6-10/h1-5,9H. The SMILES string of the molecule is N=Cc1cccc([C]=O)c1. The van der Waals surface area contributed by atoms with Crippen LogP contribution in [0.25, 0.3) is 0 Å². The first kappa shape index (κ1) is 6.68. The molecule has 0 amide bonds. The zero-order chi connectivity index (χ0) is 7.40. The second-order valence-corrected chi connectivity index (χ2v) is 1.87. The topological polar surface area (TPSA) is 40.9 Å². The van der Waals surface area contributed by atoms with Crippen LogP contribution < -0.4 is 0 Å². The van der Waals surface area contributed by atoms with Gasteiger partial charge in [0.25, 0.3) is 0 Å². The average Bonchev–Trinajstić information content (AvgIpc) is 2.05. The first-order valence-electron chi connectivity index (χ1n) is 2.85. The van der Waals surface area contributed by atoms with Gasteiger partial charge < -0.3 is 5.41 Å². The third-order valence-corrected chi connectivity index (χ3v) is 1.17. The molecule has 0 spiro atoms. The third kappa shape index (κ3) is 1.29. The Labute approximate surface area is 59.0 Å². The van der Waals surface area contributed by atoms with Crippen LogP contribution >= 0.6 is 0 Å². The van der Waals surface area contributed by atoms with Gasteiger partial charge in [-0.1, -0.05) is 18.2 Å². The summed E-state index contributed by atoms with van der Waals surface area (Å²) in [5, 5.41) is 6.86. The zero-order valence-electron chi connectivity index (χ0n) is 5.29. The van der Waals surface area contributed by atoms with Crippen LogP contribution in [0.15, 0.2) is 24.3 Å². The number of hydrogen-bond donors (Lipinski definition) is 1. The molecule has 0 fully saturated rings. The molecule has 0 bridgehead atoms. The molecule has 0 aliphatic carbocycles. The van der Waals surface area contributed by atoms with Crippen LogP contribution in [0.3, 0.4) is 0 Å². The van der Waals surface area contributed by atoms with Gasteiger partial charge in [-0.2, -0.15) is 0 Å². The molecule has 1 aromatic rings.